The fraction of sp³-hybridized carbons (Fsp3) is 0.118. The average Bonchev–Trinajstić information content (AvgIpc) is 3.15. The third kappa shape index (κ3) is 3.66. The van der Waals surface area contributed by atoms with Crippen LogP contribution in [0.15, 0.2) is 53.4 Å². The highest BCUT2D eigenvalue weighted by molar-refractivity contribution is 5.93. The van der Waals surface area contributed by atoms with E-state index in [1.807, 2.05) is 0 Å². The minimum Gasteiger partial charge on any atom is -0.465 e. The number of alkyl halides is 3. The first kappa shape index (κ1) is 17.5. The van der Waals surface area contributed by atoms with Crippen LogP contribution in [0.2, 0.25) is 0 Å². The van der Waals surface area contributed by atoms with Crippen LogP contribution in [0, 0.1) is 0 Å². The highest BCUT2D eigenvalue weighted by Crippen LogP contribution is 2.32. The van der Waals surface area contributed by atoms with E-state index in [0.29, 0.717) is 16.9 Å². The molecular weight excluding hydrogens is 351 g/mol. The Kier molecular flexibility index (Phi) is 4.61. The van der Waals surface area contributed by atoms with Crippen molar-refractivity contribution in [1.82, 2.24) is 10.1 Å². The Labute approximate surface area is 145 Å². The lowest BCUT2D eigenvalue weighted by Crippen LogP contribution is -2.05. The molecule has 0 unspecified atom stereocenters. The number of carbonyl (C=O) groups is 1. The molecule has 0 saturated heterocycles. The maximum Gasteiger partial charge on any atom is 0.416 e. The van der Waals surface area contributed by atoms with E-state index < -0.39 is 17.7 Å². The normalized spacial score (nSPS) is 11.2. The van der Waals surface area contributed by atoms with Gasteiger partial charge in [0.25, 0.3) is 0 Å². The number of ether oxygens (including phenoxy) is 1. The van der Waals surface area contributed by atoms with Crippen LogP contribution >= 0.6 is 0 Å². The summed E-state index contributed by atoms with van der Waals surface area (Å²) in [6.07, 6.45) is -3.28. The molecule has 0 saturated carbocycles. The lowest BCUT2D eigenvalue weighted by Gasteiger charge is -2.12. The zero-order valence-electron chi connectivity index (χ0n) is 13.4. The second-order valence-electron chi connectivity index (χ2n) is 5.21. The number of anilines is 2. The summed E-state index contributed by atoms with van der Waals surface area (Å²) in [5.74, 6) is -0.332. The molecule has 1 aromatic heterocycles. The number of hydrogen-bond acceptors (Lipinski definition) is 6. The first-order valence-corrected chi connectivity index (χ1v) is 7.32. The van der Waals surface area contributed by atoms with Gasteiger partial charge in [0.2, 0.25) is 12.2 Å². The molecule has 2 aromatic carbocycles. The van der Waals surface area contributed by atoms with Gasteiger partial charge < -0.3 is 14.6 Å². The average molecular weight is 363 g/mol. The molecule has 0 radical (unpaired) electrons. The zero-order valence-corrected chi connectivity index (χ0v) is 13.4. The van der Waals surface area contributed by atoms with E-state index in [2.05, 4.69) is 20.2 Å². The van der Waals surface area contributed by atoms with Gasteiger partial charge in [-0.1, -0.05) is 5.16 Å². The van der Waals surface area contributed by atoms with E-state index in [1.165, 1.54) is 31.4 Å². The number of benzene rings is 2. The monoisotopic (exact) mass is 363 g/mol. The summed E-state index contributed by atoms with van der Waals surface area (Å²) in [5, 5.41) is 6.72. The van der Waals surface area contributed by atoms with Gasteiger partial charge in [0, 0.05) is 16.9 Å². The smallest absolute Gasteiger partial charge is 0.416 e. The quantitative estimate of drug-likeness (QED) is 0.697. The van der Waals surface area contributed by atoms with E-state index in [9.17, 15) is 18.0 Å². The summed E-state index contributed by atoms with van der Waals surface area (Å²) in [4.78, 5) is 15.7. The number of halogens is 3. The number of carbonyl (C=O) groups excluding carboxylic acids is 1. The molecule has 0 atom stereocenters. The van der Waals surface area contributed by atoms with Gasteiger partial charge >= 0.3 is 12.1 Å². The lowest BCUT2D eigenvalue weighted by molar-refractivity contribution is -0.137. The van der Waals surface area contributed by atoms with Crippen LogP contribution in [-0.4, -0.2) is 23.2 Å². The molecular formula is C17H12F3N3O3. The molecule has 0 aliphatic rings. The van der Waals surface area contributed by atoms with E-state index in [4.69, 9.17) is 4.52 Å². The number of rotatable bonds is 4. The predicted octanol–water partition coefficient (Wildman–Crippen LogP) is 4.29. The van der Waals surface area contributed by atoms with Gasteiger partial charge in [-0.05, 0) is 42.5 Å². The molecule has 26 heavy (non-hydrogen) atoms. The summed E-state index contributed by atoms with van der Waals surface area (Å²) in [5.41, 5.74) is 0.863. The Morgan fingerprint density at radius 2 is 1.88 bits per heavy atom. The predicted molar refractivity (Wildman–Crippen MR) is 85.8 cm³/mol. The zero-order chi connectivity index (χ0) is 18.7. The third-order valence-electron chi connectivity index (χ3n) is 3.53. The topological polar surface area (TPSA) is 77.2 Å². The Bertz CT molecular complexity index is 907. The molecule has 0 fully saturated rings. The Morgan fingerprint density at radius 1 is 1.15 bits per heavy atom. The first-order chi connectivity index (χ1) is 12.4. The standard InChI is InChI=1S/C17H12F3N3O3/c1-25-16(24)10-2-7-14(13(8-10)15-21-9-26-23-15)22-12-5-3-11(4-6-12)17(18,19)20/h2-9,22H,1H3. The fourth-order valence-electron chi connectivity index (χ4n) is 2.27. The van der Waals surface area contributed by atoms with E-state index in [-0.39, 0.29) is 11.4 Å². The van der Waals surface area contributed by atoms with Crippen LogP contribution in [-0.2, 0) is 10.9 Å². The van der Waals surface area contributed by atoms with Crippen molar-refractivity contribution in [3.05, 3.63) is 60.0 Å². The van der Waals surface area contributed by atoms with Gasteiger partial charge in [0.05, 0.1) is 18.2 Å². The van der Waals surface area contributed by atoms with Crippen molar-refractivity contribution >= 4 is 17.3 Å². The number of nitrogens with zero attached hydrogens (tertiary/aromatic N) is 2. The van der Waals surface area contributed by atoms with Crippen LogP contribution in [0.25, 0.3) is 11.4 Å². The maximum atomic E-state index is 12.7. The molecule has 0 amide bonds. The van der Waals surface area contributed by atoms with Crippen molar-refractivity contribution in [3.8, 4) is 11.4 Å². The Morgan fingerprint density at radius 3 is 2.46 bits per heavy atom. The van der Waals surface area contributed by atoms with Crippen LogP contribution < -0.4 is 5.32 Å². The molecule has 0 aliphatic heterocycles. The summed E-state index contributed by atoms with van der Waals surface area (Å²) in [6, 6.07) is 9.15. The molecule has 3 rings (SSSR count). The van der Waals surface area contributed by atoms with Gasteiger partial charge in [-0.3, -0.25) is 0 Å². The fourth-order valence-corrected chi connectivity index (χ4v) is 2.27. The van der Waals surface area contributed by atoms with Crippen LogP contribution in [0.4, 0.5) is 24.5 Å². The molecule has 0 spiro atoms. The summed E-state index contributed by atoms with van der Waals surface area (Å²) in [7, 11) is 1.25. The number of methoxy groups -OCH3 is 1. The minimum absolute atomic E-state index is 0.213. The van der Waals surface area contributed by atoms with Gasteiger partial charge in [-0.25, -0.2) is 4.79 Å². The number of nitrogens with one attached hydrogen (secondary N) is 1. The number of esters is 1. The molecule has 6 nitrogen and oxygen atoms in total. The maximum absolute atomic E-state index is 12.7. The van der Waals surface area contributed by atoms with E-state index >= 15 is 0 Å². The van der Waals surface area contributed by atoms with Gasteiger partial charge in [0.15, 0.2) is 0 Å². The lowest BCUT2D eigenvalue weighted by atomic mass is 10.1. The molecule has 9 heteroatoms. The third-order valence-corrected chi connectivity index (χ3v) is 3.53. The van der Waals surface area contributed by atoms with Gasteiger partial charge in [0.1, 0.15) is 0 Å². The largest absolute Gasteiger partial charge is 0.465 e. The van der Waals surface area contributed by atoms with Crippen molar-refractivity contribution in [1.29, 1.82) is 0 Å². The number of hydrogen-bond donors (Lipinski definition) is 1. The highest BCUT2D eigenvalue weighted by Gasteiger charge is 2.30. The summed E-state index contributed by atoms with van der Waals surface area (Å²) in [6.45, 7) is 0. The second kappa shape index (κ2) is 6.87. The van der Waals surface area contributed by atoms with Crippen molar-refractivity contribution in [2.45, 2.75) is 6.18 Å². The van der Waals surface area contributed by atoms with Crippen LogP contribution in [0.5, 0.6) is 0 Å². The summed E-state index contributed by atoms with van der Waals surface area (Å²) >= 11 is 0. The molecule has 1 N–H and O–H groups in total. The van der Waals surface area contributed by atoms with Gasteiger partial charge in [-0.2, -0.15) is 18.2 Å². The summed E-state index contributed by atoms with van der Waals surface area (Å²) < 4.78 is 47.4. The first-order valence-electron chi connectivity index (χ1n) is 7.32. The van der Waals surface area contributed by atoms with Crippen molar-refractivity contribution in [3.63, 3.8) is 0 Å². The minimum atomic E-state index is -4.41. The van der Waals surface area contributed by atoms with E-state index in [0.717, 1.165) is 18.5 Å². The number of aromatic nitrogens is 2. The van der Waals surface area contributed by atoms with Crippen molar-refractivity contribution in [2.75, 3.05) is 12.4 Å². The van der Waals surface area contributed by atoms with Crippen LogP contribution in [0.3, 0.4) is 0 Å². The highest BCUT2D eigenvalue weighted by atomic mass is 19.4. The van der Waals surface area contributed by atoms with Gasteiger partial charge in [-0.15, -0.1) is 0 Å². The molecule has 3 aromatic rings. The molecule has 134 valence electrons. The van der Waals surface area contributed by atoms with Crippen molar-refractivity contribution < 1.29 is 27.2 Å². The molecule has 1 heterocycles. The SMILES string of the molecule is COC(=O)c1ccc(Nc2ccc(C(F)(F)F)cc2)c(-c2ncon2)c1. The Balaban J connectivity index is 1.95. The van der Waals surface area contributed by atoms with E-state index in [1.54, 1.807) is 6.07 Å². The molecule has 0 aliphatic carbocycles. The van der Waals surface area contributed by atoms with Crippen LogP contribution in [0.1, 0.15) is 15.9 Å². The van der Waals surface area contributed by atoms with Crippen molar-refractivity contribution in [2.24, 2.45) is 0 Å². The second-order valence-corrected chi connectivity index (χ2v) is 5.21. The molecule has 0 bridgehead atoms. The Hall–Kier alpha value is -3.36.